The van der Waals surface area contributed by atoms with Gasteiger partial charge >= 0.3 is 0 Å². The smallest absolute Gasteiger partial charge is 0.266 e. The molecular weight excluding hydrogens is 302 g/mol. The van der Waals surface area contributed by atoms with Crippen LogP contribution in [0.5, 0.6) is 5.75 Å². The van der Waals surface area contributed by atoms with Crippen LogP contribution >= 0.6 is 0 Å². The van der Waals surface area contributed by atoms with Crippen LogP contribution in [0, 0.1) is 29.6 Å². The van der Waals surface area contributed by atoms with Gasteiger partial charge in [-0.1, -0.05) is 35.9 Å². The summed E-state index contributed by atoms with van der Waals surface area (Å²) in [6.07, 6.45) is 1.44. The zero-order chi connectivity index (χ0) is 17.4. The maximum absolute atomic E-state index is 12.3. The van der Waals surface area contributed by atoms with Gasteiger partial charge in [-0.25, -0.2) is 0 Å². The molecular formula is C19H15N3O2. The largest absolute Gasteiger partial charge is 0.478 e. The number of carbonyl (C=O) groups is 1. The molecule has 0 fully saturated rings. The lowest BCUT2D eigenvalue weighted by Crippen LogP contribution is -2.13. The Hall–Kier alpha value is -3.57. The first-order valence-electron chi connectivity index (χ1n) is 7.22. The number of nitrogens with one attached hydrogen (secondary N) is 1. The van der Waals surface area contributed by atoms with Crippen molar-refractivity contribution in [3.05, 3.63) is 65.2 Å². The molecule has 0 aromatic heterocycles. The van der Waals surface area contributed by atoms with E-state index in [2.05, 4.69) is 5.32 Å². The van der Waals surface area contributed by atoms with Gasteiger partial charge in [0.15, 0.2) is 6.61 Å². The lowest BCUT2D eigenvalue weighted by atomic mass is 10.1. The summed E-state index contributed by atoms with van der Waals surface area (Å²) < 4.78 is 5.30. The summed E-state index contributed by atoms with van der Waals surface area (Å²) in [5.74, 6) is -0.0635. The van der Waals surface area contributed by atoms with Crippen molar-refractivity contribution in [2.45, 2.75) is 6.92 Å². The summed E-state index contributed by atoms with van der Waals surface area (Å²) in [4.78, 5) is 12.3. The molecule has 0 heterocycles. The Morgan fingerprint density at radius 3 is 2.54 bits per heavy atom. The Morgan fingerprint density at radius 2 is 1.88 bits per heavy atom. The molecule has 0 aliphatic rings. The minimum absolute atomic E-state index is 0.0522. The second-order valence-electron chi connectivity index (χ2n) is 4.97. The lowest BCUT2D eigenvalue weighted by molar-refractivity contribution is -0.112. The SMILES string of the molecule is Cc1ccc(NC(=O)/C(C#N)=C/c2ccccc2OCC#N)cc1. The van der Waals surface area contributed by atoms with E-state index < -0.39 is 5.91 Å². The normalized spacial score (nSPS) is 10.4. The minimum atomic E-state index is -0.503. The van der Waals surface area contributed by atoms with E-state index in [0.29, 0.717) is 17.0 Å². The Balaban J connectivity index is 2.23. The molecule has 0 spiro atoms. The summed E-state index contributed by atoms with van der Waals surface area (Å²) in [7, 11) is 0. The van der Waals surface area contributed by atoms with Gasteiger partial charge in [-0.05, 0) is 31.2 Å². The van der Waals surface area contributed by atoms with E-state index in [-0.39, 0.29) is 12.2 Å². The Kier molecular flexibility index (Phi) is 5.71. The van der Waals surface area contributed by atoms with Crippen LogP contribution in [0.2, 0.25) is 0 Å². The zero-order valence-corrected chi connectivity index (χ0v) is 13.1. The predicted molar refractivity (Wildman–Crippen MR) is 90.9 cm³/mol. The van der Waals surface area contributed by atoms with E-state index in [9.17, 15) is 10.1 Å². The fraction of sp³-hybridized carbons (Fsp3) is 0.105. The van der Waals surface area contributed by atoms with Gasteiger partial charge in [0.05, 0.1) is 0 Å². The monoisotopic (exact) mass is 317 g/mol. The summed E-state index contributed by atoms with van der Waals surface area (Å²) in [6, 6.07) is 18.0. The van der Waals surface area contributed by atoms with Crippen LogP contribution in [0.1, 0.15) is 11.1 Å². The van der Waals surface area contributed by atoms with Crippen LogP contribution < -0.4 is 10.1 Å². The van der Waals surface area contributed by atoms with Crippen molar-refractivity contribution in [3.63, 3.8) is 0 Å². The number of amides is 1. The molecule has 0 radical (unpaired) electrons. The topological polar surface area (TPSA) is 85.9 Å². The van der Waals surface area contributed by atoms with Crippen LogP contribution in [0.25, 0.3) is 6.08 Å². The van der Waals surface area contributed by atoms with Gasteiger partial charge < -0.3 is 10.1 Å². The Labute approximate surface area is 140 Å². The third kappa shape index (κ3) is 4.46. The van der Waals surface area contributed by atoms with Crippen molar-refractivity contribution in [1.82, 2.24) is 0 Å². The van der Waals surface area contributed by atoms with Gasteiger partial charge in [-0.2, -0.15) is 10.5 Å². The molecule has 5 nitrogen and oxygen atoms in total. The molecule has 2 aromatic carbocycles. The van der Waals surface area contributed by atoms with Crippen molar-refractivity contribution < 1.29 is 9.53 Å². The quantitative estimate of drug-likeness (QED) is 0.676. The van der Waals surface area contributed by atoms with Gasteiger partial charge in [-0.3, -0.25) is 4.79 Å². The lowest BCUT2D eigenvalue weighted by Gasteiger charge is -2.07. The van der Waals surface area contributed by atoms with E-state index >= 15 is 0 Å². The molecule has 0 atom stereocenters. The third-order valence-electron chi connectivity index (χ3n) is 3.19. The van der Waals surface area contributed by atoms with Crippen molar-refractivity contribution in [3.8, 4) is 17.9 Å². The molecule has 118 valence electrons. The molecule has 1 amide bonds. The highest BCUT2D eigenvalue weighted by Crippen LogP contribution is 2.21. The highest BCUT2D eigenvalue weighted by Gasteiger charge is 2.11. The van der Waals surface area contributed by atoms with E-state index in [1.807, 2.05) is 31.2 Å². The molecule has 0 aliphatic heterocycles. The van der Waals surface area contributed by atoms with E-state index in [1.54, 1.807) is 36.4 Å². The number of rotatable bonds is 5. The molecule has 0 bridgehead atoms. The summed E-state index contributed by atoms with van der Waals surface area (Å²) >= 11 is 0. The number of hydrogen-bond acceptors (Lipinski definition) is 4. The first-order chi connectivity index (χ1) is 11.6. The highest BCUT2D eigenvalue weighted by molar-refractivity contribution is 6.09. The van der Waals surface area contributed by atoms with Crippen LogP contribution in [-0.4, -0.2) is 12.5 Å². The maximum Gasteiger partial charge on any atom is 0.266 e. The first-order valence-corrected chi connectivity index (χ1v) is 7.22. The van der Waals surface area contributed by atoms with Gasteiger partial charge in [-0.15, -0.1) is 0 Å². The molecule has 0 saturated carbocycles. The number of nitriles is 2. The van der Waals surface area contributed by atoms with Crippen LogP contribution in [0.3, 0.4) is 0 Å². The van der Waals surface area contributed by atoms with Crippen molar-refractivity contribution in [1.29, 1.82) is 10.5 Å². The van der Waals surface area contributed by atoms with Crippen LogP contribution in [0.4, 0.5) is 5.69 Å². The number of anilines is 1. The standard InChI is InChI=1S/C19H15N3O2/c1-14-6-8-17(9-7-14)22-19(23)16(13-21)12-15-4-2-3-5-18(15)24-11-10-20/h2-9,12H,11H2,1H3,(H,22,23)/b16-12+. The molecule has 0 saturated heterocycles. The molecule has 5 heteroatoms. The average Bonchev–Trinajstić information content (AvgIpc) is 2.60. The maximum atomic E-state index is 12.3. The van der Waals surface area contributed by atoms with Crippen LogP contribution in [-0.2, 0) is 4.79 Å². The third-order valence-corrected chi connectivity index (χ3v) is 3.19. The molecule has 0 aliphatic carbocycles. The van der Waals surface area contributed by atoms with Gasteiger partial charge in [0.2, 0.25) is 0 Å². The second-order valence-corrected chi connectivity index (χ2v) is 4.97. The highest BCUT2D eigenvalue weighted by atomic mass is 16.5. The molecule has 2 rings (SSSR count). The van der Waals surface area contributed by atoms with E-state index in [1.165, 1.54) is 6.08 Å². The molecule has 2 aromatic rings. The number of carbonyl (C=O) groups excluding carboxylic acids is 1. The molecule has 1 N–H and O–H groups in total. The molecule has 0 unspecified atom stereocenters. The number of ether oxygens (including phenoxy) is 1. The fourth-order valence-corrected chi connectivity index (χ4v) is 1.98. The minimum Gasteiger partial charge on any atom is -0.478 e. The number of aryl methyl sites for hydroxylation is 1. The number of para-hydroxylation sites is 1. The number of benzene rings is 2. The fourth-order valence-electron chi connectivity index (χ4n) is 1.98. The Bertz CT molecular complexity index is 840. The summed E-state index contributed by atoms with van der Waals surface area (Å²) in [5, 5.41) is 20.6. The second kappa shape index (κ2) is 8.17. The van der Waals surface area contributed by atoms with Crippen LogP contribution in [0.15, 0.2) is 54.1 Å². The van der Waals surface area contributed by atoms with Crippen molar-refractivity contribution >= 4 is 17.7 Å². The van der Waals surface area contributed by atoms with Gasteiger partial charge in [0.25, 0.3) is 5.91 Å². The van der Waals surface area contributed by atoms with E-state index in [0.717, 1.165) is 5.56 Å². The Morgan fingerprint density at radius 1 is 1.17 bits per heavy atom. The first kappa shape index (κ1) is 16.8. The van der Waals surface area contributed by atoms with E-state index in [4.69, 9.17) is 10.00 Å². The number of hydrogen-bond donors (Lipinski definition) is 1. The van der Waals surface area contributed by atoms with Gasteiger partial charge in [0.1, 0.15) is 23.5 Å². The summed E-state index contributed by atoms with van der Waals surface area (Å²) in [6.45, 7) is 1.84. The number of nitrogens with zero attached hydrogens (tertiary/aromatic N) is 2. The van der Waals surface area contributed by atoms with Crippen molar-refractivity contribution in [2.75, 3.05) is 11.9 Å². The summed E-state index contributed by atoms with van der Waals surface area (Å²) in [5.41, 5.74) is 2.19. The van der Waals surface area contributed by atoms with Gasteiger partial charge in [0, 0.05) is 11.3 Å². The predicted octanol–water partition coefficient (Wildman–Crippen LogP) is 3.44. The van der Waals surface area contributed by atoms with Crippen molar-refractivity contribution in [2.24, 2.45) is 0 Å². The average molecular weight is 317 g/mol. The molecule has 24 heavy (non-hydrogen) atoms. The zero-order valence-electron chi connectivity index (χ0n) is 13.1.